The lowest BCUT2D eigenvalue weighted by atomic mass is 9.99. The van der Waals surface area contributed by atoms with Crippen LogP contribution in [0.25, 0.3) is 0 Å². The highest BCUT2D eigenvalue weighted by Crippen LogP contribution is 2.24. The van der Waals surface area contributed by atoms with Gasteiger partial charge in [0.1, 0.15) is 0 Å². The minimum absolute atomic E-state index is 0.0867. The van der Waals surface area contributed by atoms with Crippen molar-refractivity contribution in [2.24, 2.45) is 5.92 Å². The summed E-state index contributed by atoms with van der Waals surface area (Å²) >= 11 is 0. The number of aliphatic hydroxyl groups is 1. The van der Waals surface area contributed by atoms with Gasteiger partial charge in [0.05, 0.1) is 0 Å². The summed E-state index contributed by atoms with van der Waals surface area (Å²) in [5.74, 6) is 0.824. The highest BCUT2D eigenvalue weighted by atomic mass is 16.3. The van der Waals surface area contributed by atoms with Gasteiger partial charge in [0.2, 0.25) is 0 Å². The van der Waals surface area contributed by atoms with Crippen LogP contribution in [0.2, 0.25) is 0 Å². The van der Waals surface area contributed by atoms with Crippen LogP contribution in [0, 0.1) is 5.92 Å². The van der Waals surface area contributed by atoms with Gasteiger partial charge in [0, 0.05) is 37.6 Å². The number of nitrogens with one attached hydrogen (secondary N) is 2. The number of carbonyl (C=O) groups excluding carboxylic acids is 1. The van der Waals surface area contributed by atoms with Gasteiger partial charge in [0.25, 0.3) is 0 Å². The van der Waals surface area contributed by atoms with Crippen molar-refractivity contribution in [2.75, 3.05) is 36.5 Å². The number of urea groups is 1. The third-order valence-corrected chi connectivity index (χ3v) is 3.89. The highest BCUT2D eigenvalue weighted by molar-refractivity contribution is 5.89. The second kappa shape index (κ2) is 7.88. The summed E-state index contributed by atoms with van der Waals surface area (Å²) in [5.41, 5.74) is 2.00. The smallest absolute Gasteiger partial charge is 0.319 e. The van der Waals surface area contributed by atoms with Gasteiger partial charge >= 0.3 is 6.03 Å². The number of aliphatic hydroxyl groups excluding tert-OH is 1. The average molecular weight is 291 g/mol. The van der Waals surface area contributed by atoms with Crippen LogP contribution in [0.4, 0.5) is 16.2 Å². The molecule has 1 aliphatic rings. The topological polar surface area (TPSA) is 64.6 Å². The molecule has 3 N–H and O–H groups in total. The molecule has 1 aliphatic heterocycles. The van der Waals surface area contributed by atoms with Crippen molar-refractivity contribution in [1.82, 2.24) is 5.32 Å². The van der Waals surface area contributed by atoms with Crippen molar-refractivity contribution < 1.29 is 9.90 Å². The van der Waals surface area contributed by atoms with Gasteiger partial charge in [-0.05, 0) is 49.4 Å². The second-order valence-corrected chi connectivity index (χ2v) is 5.67. The lowest BCUT2D eigenvalue weighted by molar-refractivity contribution is 0.249. The fourth-order valence-corrected chi connectivity index (χ4v) is 2.48. The van der Waals surface area contributed by atoms with Crippen molar-refractivity contribution in [3.05, 3.63) is 24.3 Å². The minimum atomic E-state index is -0.233. The molecule has 2 rings (SSSR count). The third-order valence-electron chi connectivity index (χ3n) is 3.89. The predicted octanol–water partition coefficient (Wildman–Crippen LogP) is 2.43. The third kappa shape index (κ3) is 4.93. The summed E-state index contributed by atoms with van der Waals surface area (Å²) in [7, 11) is 0. The first-order chi connectivity index (χ1) is 10.2. The molecule has 0 bridgehead atoms. The number of amides is 2. The van der Waals surface area contributed by atoms with Crippen LogP contribution >= 0.6 is 0 Å². The fraction of sp³-hybridized carbons (Fsp3) is 0.562. The van der Waals surface area contributed by atoms with E-state index >= 15 is 0 Å². The molecule has 5 nitrogen and oxygen atoms in total. The Morgan fingerprint density at radius 1 is 1.29 bits per heavy atom. The lowest BCUT2D eigenvalue weighted by Gasteiger charge is -2.32. The first-order valence-corrected chi connectivity index (χ1v) is 7.70. The van der Waals surface area contributed by atoms with E-state index in [4.69, 9.17) is 5.11 Å². The summed E-state index contributed by atoms with van der Waals surface area (Å²) in [6.07, 6.45) is 3.06. The number of carbonyl (C=O) groups is 1. The Labute approximate surface area is 126 Å². The monoisotopic (exact) mass is 291 g/mol. The SMILES string of the molecule is CC1CCN(c2ccc(NC(=O)NCCCO)cc2)CC1. The van der Waals surface area contributed by atoms with Gasteiger partial charge < -0.3 is 20.6 Å². The summed E-state index contributed by atoms with van der Waals surface area (Å²) in [5, 5.41) is 14.1. The minimum Gasteiger partial charge on any atom is -0.396 e. The molecule has 0 aromatic heterocycles. The number of benzene rings is 1. The molecular weight excluding hydrogens is 266 g/mol. The van der Waals surface area contributed by atoms with Crippen LogP contribution in [-0.2, 0) is 0 Å². The van der Waals surface area contributed by atoms with E-state index in [0.29, 0.717) is 13.0 Å². The van der Waals surface area contributed by atoms with Gasteiger partial charge in [0.15, 0.2) is 0 Å². The van der Waals surface area contributed by atoms with Gasteiger partial charge in [-0.15, -0.1) is 0 Å². The summed E-state index contributed by atoms with van der Waals surface area (Å²) in [6, 6.07) is 7.74. The maximum absolute atomic E-state index is 11.6. The van der Waals surface area contributed by atoms with E-state index < -0.39 is 0 Å². The van der Waals surface area contributed by atoms with Crippen molar-refractivity contribution in [1.29, 1.82) is 0 Å². The first kappa shape index (κ1) is 15.6. The molecule has 1 aromatic carbocycles. The number of piperidine rings is 1. The number of hydrogen-bond acceptors (Lipinski definition) is 3. The van der Waals surface area contributed by atoms with Gasteiger partial charge in [-0.2, -0.15) is 0 Å². The van der Waals surface area contributed by atoms with Crippen LogP contribution in [-0.4, -0.2) is 37.4 Å². The van der Waals surface area contributed by atoms with Crippen molar-refractivity contribution >= 4 is 17.4 Å². The summed E-state index contributed by atoms with van der Waals surface area (Å²) in [4.78, 5) is 14.0. The number of nitrogens with zero attached hydrogens (tertiary/aromatic N) is 1. The van der Waals surface area contributed by atoms with Crippen molar-refractivity contribution in [3.8, 4) is 0 Å². The van der Waals surface area contributed by atoms with E-state index in [2.05, 4.69) is 34.6 Å². The molecule has 0 radical (unpaired) electrons. The number of rotatable bonds is 5. The molecule has 1 aromatic rings. The van der Waals surface area contributed by atoms with Crippen molar-refractivity contribution in [2.45, 2.75) is 26.2 Å². The van der Waals surface area contributed by atoms with Crippen LogP contribution in [0.3, 0.4) is 0 Å². The molecule has 0 unspecified atom stereocenters. The zero-order chi connectivity index (χ0) is 15.1. The molecule has 116 valence electrons. The van der Waals surface area contributed by atoms with Gasteiger partial charge in [-0.25, -0.2) is 4.79 Å². The molecule has 2 amide bonds. The van der Waals surface area contributed by atoms with E-state index in [0.717, 1.165) is 24.7 Å². The maximum Gasteiger partial charge on any atom is 0.319 e. The van der Waals surface area contributed by atoms with Crippen LogP contribution in [0.5, 0.6) is 0 Å². The molecule has 1 saturated heterocycles. The normalized spacial score (nSPS) is 15.8. The Kier molecular flexibility index (Phi) is 5.87. The van der Waals surface area contributed by atoms with E-state index in [1.54, 1.807) is 0 Å². The summed E-state index contributed by atoms with van der Waals surface area (Å²) in [6.45, 7) is 5.08. The average Bonchev–Trinajstić information content (AvgIpc) is 2.49. The fourth-order valence-electron chi connectivity index (χ4n) is 2.48. The number of hydrogen-bond donors (Lipinski definition) is 3. The van der Waals surface area contributed by atoms with Gasteiger partial charge in [-0.1, -0.05) is 6.92 Å². The molecule has 0 atom stereocenters. The number of anilines is 2. The molecular formula is C16H25N3O2. The largest absolute Gasteiger partial charge is 0.396 e. The first-order valence-electron chi connectivity index (χ1n) is 7.70. The van der Waals surface area contributed by atoms with Crippen LogP contribution in [0.1, 0.15) is 26.2 Å². The van der Waals surface area contributed by atoms with E-state index in [-0.39, 0.29) is 12.6 Å². The molecule has 0 saturated carbocycles. The van der Waals surface area contributed by atoms with Crippen molar-refractivity contribution in [3.63, 3.8) is 0 Å². The predicted molar refractivity (Wildman–Crippen MR) is 85.8 cm³/mol. The second-order valence-electron chi connectivity index (χ2n) is 5.67. The van der Waals surface area contributed by atoms with E-state index in [1.165, 1.54) is 18.5 Å². The molecule has 21 heavy (non-hydrogen) atoms. The summed E-state index contributed by atoms with van der Waals surface area (Å²) < 4.78 is 0. The van der Waals surface area contributed by atoms with E-state index in [1.807, 2.05) is 12.1 Å². The molecule has 0 spiro atoms. The molecule has 1 fully saturated rings. The molecule has 5 heteroatoms. The zero-order valence-electron chi connectivity index (χ0n) is 12.6. The Morgan fingerprint density at radius 3 is 2.57 bits per heavy atom. The van der Waals surface area contributed by atoms with Crippen LogP contribution in [0.15, 0.2) is 24.3 Å². The zero-order valence-corrected chi connectivity index (χ0v) is 12.6. The lowest BCUT2D eigenvalue weighted by Crippen LogP contribution is -2.32. The van der Waals surface area contributed by atoms with E-state index in [9.17, 15) is 4.79 Å². The maximum atomic E-state index is 11.6. The molecule has 1 heterocycles. The van der Waals surface area contributed by atoms with Crippen LogP contribution < -0.4 is 15.5 Å². The standard InChI is InChI=1S/C16H25N3O2/c1-13-7-10-19(11-8-13)15-5-3-14(4-6-15)18-16(21)17-9-2-12-20/h3-6,13,20H,2,7-12H2,1H3,(H2,17,18,21). The Morgan fingerprint density at radius 2 is 1.95 bits per heavy atom. The highest BCUT2D eigenvalue weighted by Gasteiger charge is 2.15. The Hall–Kier alpha value is -1.75. The molecule has 0 aliphatic carbocycles. The quantitative estimate of drug-likeness (QED) is 0.730. The Bertz CT molecular complexity index is 439. The van der Waals surface area contributed by atoms with Gasteiger partial charge in [-0.3, -0.25) is 0 Å². The Balaban J connectivity index is 1.83.